The number of ether oxygens (including phenoxy) is 1. The summed E-state index contributed by atoms with van der Waals surface area (Å²) < 4.78 is 5.73. The third kappa shape index (κ3) is 6.03. The molecular weight excluding hydrogens is 224 g/mol. The highest BCUT2D eigenvalue weighted by atomic mass is 16.5. The van der Waals surface area contributed by atoms with Crippen molar-refractivity contribution in [3.63, 3.8) is 0 Å². The lowest BCUT2D eigenvalue weighted by atomic mass is 10.2. The van der Waals surface area contributed by atoms with E-state index < -0.39 is 0 Å². The second kappa shape index (κ2) is 8.95. The fourth-order valence-corrected chi connectivity index (χ4v) is 1.75. The van der Waals surface area contributed by atoms with Gasteiger partial charge in [-0.15, -0.1) is 0 Å². The van der Waals surface area contributed by atoms with Crippen LogP contribution in [0.1, 0.15) is 25.3 Å². The maximum Gasteiger partial charge on any atom is 0.123 e. The molecule has 1 aromatic carbocycles. The average Bonchev–Trinajstić information content (AvgIpc) is 2.36. The summed E-state index contributed by atoms with van der Waals surface area (Å²) in [6.45, 7) is 5.97. The summed E-state index contributed by atoms with van der Waals surface area (Å²) in [4.78, 5) is 2.21. The molecule has 0 bridgehead atoms. The van der Waals surface area contributed by atoms with Crippen molar-refractivity contribution in [3.8, 4) is 5.75 Å². The molecule has 1 N–H and O–H groups in total. The standard InChI is InChI=1S/C15H26N2O/c1-4-12-18-15-9-6-5-8-14(15)13-16-10-7-11-17(2)3/h5-6,8-9,16H,4,7,10-13H2,1-3H3. The Balaban J connectivity index is 2.32. The average molecular weight is 250 g/mol. The van der Waals surface area contributed by atoms with Gasteiger partial charge in [0, 0.05) is 12.1 Å². The predicted octanol–water partition coefficient (Wildman–Crippen LogP) is 2.52. The zero-order chi connectivity index (χ0) is 13.2. The van der Waals surface area contributed by atoms with E-state index in [1.807, 2.05) is 12.1 Å². The monoisotopic (exact) mass is 250 g/mol. The summed E-state index contributed by atoms with van der Waals surface area (Å²) in [5, 5.41) is 3.47. The Morgan fingerprint density at radius 2 is 2.00 bits per heavy atom. The van der Waals surface area contributed by atoms with Crippen molar-refractivity contribution in [2.24, 2.45) is 0 Å². The molecule has 18 heavy (non-hydrogen) atoms. The van der Waals surface area contributed by atoms with Crippen LogP contribution in [0.4, 0.5) is 0 Å². The summed E-state index contributed by atoms with van der Waals surface area (Å²) in [6, 6.07) is 8.27. The van der Waals surface area contributed by atoms with Gasteiger partial charge in [0.15, 0.2) is 0 Å². The lowest BCUT2D eigenvalue weighted by Crippen LogP contribution is -2.21. The van der Waals surface area contributed by atoms with E-state index in [0.29, 0.717) is 0 Å². The van der Waals surface area contributed by atoms with Crippen LogP contribution in [0.3, 0.4) is 0 Å². The summed E-state index contributed by atoms with van der Waals surface area (Å²) in [5.74, 6) is 1.01. The number of benzene rings is 1. The summed E-state index contributed by atoms with van der Waals surface area (Å²) >= 11 is 0. The molecule has 3 nitrogen and oxygen atoms in total. The Bertz CT molecular complexity index is 326. The molecule has 1 aromatic rings. The highest BCUT2D eigenvalue weighted by Crippen LogP contribution is 2.17. The lowest BCUT2D eigenvalue weighted by Gasteiger charge is -2.12. The van der Waals surface area contributed by atoms with Crippen molar-refractivity contribution < 1.29 is 4.74 Å². The topological polar surface area (TPSA) is 24.5 Å². The molecule has 0 saturated heterocycles. The van der Waals surface area contributed by atoms with Crippen LogP contribution in [0.25, 0.3) is 0 Å². The minimum Gasteiger partial charge on any atom is -0.493 e. The minimum absolute atomic E-state index is 0.789. The number of rotatable bonds is 9. The Morgan fingerprint density at radius 1 is 1.22 bits per heavy atom. The lowest BCUT2D eigenvalue weighted by molar-refractivity contribution is 0.313. The van der Waals surface area contributed by atoms with Gasteiger partial charge in [-0.1, -0.05) is 25.1 Å². The molecule has 0 radical (unpaired) electrons. The molecule has 0 aliphatic rings. The third-order valence-electron chi connectivity index (χ3n) is 2.71. The number of hydrogen-bond donors (Lipinski definition) is 1. The fraction of sp³-hybridized carbons (Fsp3) is 0.600. The molecule has 0 heterocycles. The smallest absolute Gasteiger partial charge is 0.123 e. The Hall–Kier alpha value is -1.06. The van der Waals surface area contributed by atoms with E-state index in [0.717, 1.165) is 38.4 Å². The van der Waals surface area contributed by atoms with Crippen LogP contribution in [0, 0.1) is 0 Å². The maximum absolute atomic E-state index is 5.73. The number of para-hydroxylation sites is 1. The van der Waals surface area contributed by atoms with Crippen LogP contribution < -0.4 is 10.1 Å². The van der Waals surface area contributed by atoms with Crippen LogP contribution in [0.5, 0.6) is 5.75 Å². The Labute approximate surface area is 111 Å². The first-order chi connectivity index (χ1) is 8.74. The quantitative estimate of drug-likeness (QED) is 0.682. The Morgan fingerprint density at radius 3 is 2.72 bits per heavy atom. The van der Waals surface area contributed by atoms with E-state index in [-0.39, 0.29) is 0 Å². The van der Waals surface area contributed by atoms with E-state index >= 15 is 0 Å². The van der Waals surface area contributed by atoms with E-state index in [4.69, 9.17) is 4.74 Å². The molecule has 0 unspecified atom stereocenters. The summed E-state index contributed by atoms with van der Waals surface area (Å²) in [5.41, 5.74) is 1.25. The first-order valence-electron chi connectivity index (χ1n) is 6.80. The molecular formula is C15H26N2O. The van der Waals surface area contributed by atoms with Gasteiger partial charge in [0.1, 0.15) is 5.75 Å². The van der Waals surface area contributed by atoms with E-state index in [2.05, 4.69) is 43.4 Å². The van der Waals surface area contributed by atoms with Gasteiger partial charge in [0.25, 0.3) is 0 Å². The van der Waals surface area contributed by atoms with Crippen LogP contribution in [-0.4, -0.2) is 38.7 Å². The van der Waals surface area contributed by atoms with Gasteiger partial charge in [0.05, 0.1) is 6.61 Å². The van der Waals surface area contributed by atoms with Gasteiger partial charge in [-0.2, -0.15) is 0 Å². The molecule has 0 fully saturated rings. The molecule has 0 aliphatic heterocycles. The van der Waals surface area contributed by atoms with Crippen molar-refractivity contribution in [2.45, 2.75) is 26.3 Å². The Kier molecular flexibility index (Phi) is 7.46. The molecule has 1 rings (SSSR count). The second-order valence-electron chi connectivity index (χ2n) is 4.79. The first-order valence-corrected chi connectivity index (χ1v) is 6.80. The van der Waals surface area contributed by atoms with Gasteiger partial charge in [-0.05, 0) is 46.1 Å². The molecule has 0 aliphatic carbocycles. The predicted molar refractivity (Wildman–Crippen MR) is 77.1 cm³/mol. The van der Waals surface area contributed by atoms with Crippen molar-refractivity contribution in [3.05, 3.63) is 29.8 Å². The van der Waals surface area contributed by atoms with E-state index in [9.17, 15) is 0 Å². The number of nitrogens with one attached hydrogen (secondary N) is 1. The molecule has 0 amide bonds. The number of hydrogen-bond acceptors (Lipinski definition) is 3. The normalized spacial score (nSPS) is 10.9. The van der Waals surface area contributed by atoms with Crippen molar-refractivity contribution in [2.75, 3.05) is 33.8 Å². The molecule has 0 saturated carbocycles. The maximum atomic E-state index is 5.73. The highest BCUT2D eigenvalue weighted by Gasteiger charge is 2.01. The molecule has 0 aromatic heterocycles. The first kappa shape index (κ1) is 15.0. The van der Waals surface area contributed by atoms with Crippen molar-refractivity contribution in [1.29, 1.82) is 0 Å². The SMILES string of the molecule is CCCOc1ccccc1CNCCCN(C)C. The van der Waals surface area contributed by atoms with Gasteiger partial charge in [-0.3, -0.25) is 0 Å². The van der Waals surface area contributed by atoms with Gasteiger partial charge in [-0.25, -0.2) is 0 Å². The largest absolute Gasteiger partial charge is 0.493 e. The van der Waals surface area contributed by atoms with Gasteiger partial charge in [0.2, 0.25) is 0 Å². The summed E-state index contributed by atoms with van der Waals surface area (Å²) in [6.07, 6.45) is 2.22. The van der Waals surface area contributed by atoms with Crippen LogP contribution in [0.15, 0.2) is 24.3 Å². The van der Waals surface area contributed by atoms with Crippen LogP contribution in [-0.2, 0) is 6.54 Å². The zero-order valence-corrected chi connectivity index (χ0v) is 11.9. The molecule has 0 atom stereocenters. The van der Waals surface area contributed by atoms with E-state index in [1.54, 1.807) is 0 Å². The number of nitrogens with zero attached hydrogens (tertiary/aromatic N) is 1. The molecule has 3 heteroatoms. The van der Waals surface area contributed by atoms with Crippen molar-refractivity contribution >= 4 is 0 Å². The highest BCUT2D eigenvalue weighted by molar-refractivity contribution is 5.33. The van der Waals surface area contributed by atoms with Crippen LogP contribution in [0.2, 0.25) is 0 Å². The fourth-order valence-electron chi connectivity index (χ4n) is 1.75. The van der Waals surface area contributed by atoms with E-state index in [1.165, 1.54) is 12.0 Å². The van der Waals surface area contributed by atoms with Gasteiger partial charge < -0.3 is 15.0 Å². The third-order valence-corrected chi connectivity index (χ3v) is 2.71. The zero-order valence-electron chi connectivity index (χ0n) is 11.9. The van der Waals surface area contributed by atoms with Crippen LogP contribution >= 0.6 is 0 Å². The van der Waals surface area contributed by atoms with Crippen molar-refractivity contribution in [1.82, 2.24) is 10.2 Å². The second-order valence-corrected chi connectivity index (χ2v) is 4.79. The minimum atomic E-state index is 0.789. The molecule has 0 spiro atoms. The van der Waals surface area contributed by atoms with Gasteiger partial charge >= 0.3 is 0 Å². The molecule has 102 valence electrons. The summed E-state index contributed by atoms with van der Waals surface area (Å²) in [7, 11) is 4.21.